The molecule has 0 fully saturated rings. The Morgan fingerprint density at radius 3 is 3.29 bits per heavy atom. The summed E-state index contributed by atoms with van der Waals surface area (Å²) in [7, 11) is 0. The minimum Gasteiger partial charge on any atom is -0.488 e. The van der Waals surface area contributed by atoms with Crippen LogP contribution in [0, 0.1) is 0 Å². The lowest BCUT2D eigenvalue weighted by Crippen LogP contribution is -2.33. The van der Waals surface area contributed by atoms with Gasteiger partial charge in [-0.2, -0.15) is 5.10 Å². The molecule has 88 valence electrons. The first-order valence-electron chi connectivity index (χ1n) is 5.29. The van der Waals surface area contributed by atoms with Gasteiger partial charge in [0.2, 0.25) is 0 Å². The normalized spacial score (nSPS) is 14.2. The number of hydrogen-bond acceptors (Lipinski definition) is 5. The van der Waals surface area contributed by atoms with Gasteiger partial charge in [-0.25, -0.2) is 14.9 Å². The minimum atomic E-state index is -0.297. The molecule has 0 spiro atoms. The lowest BCUT2D eigenvalue weighted by molar-refractivity contribution is 0.304. The second kappa shape index (κ2) is 3.93. The quantitative estimate of drug-likeness (QED) is 0.755. The summed E-state index contributed by atoms with van der Waals surface area (Å²) in [5.41, 5.74) is -0.297. The number of rotatable bonds is 2. The fourth-order valence-electron chi connectivity index (χ4n) is 1.82. The lowest BCUT2D eigenvalue weighted by atomic mass is 10.3. The molecule has 0 amide bonds. The van der Waals surface area contributed by atoms with Crippen LogP contribution in [0.3, 0.4) is 0 Å². The predicted octanol–water partition coefficient (Wildman–Crippen LogP) is -0.108. The van der Waals surface area contributed by atoms with E-state index in [-0.39, 0.29) is 5.69 Å². The van der Waals surface area contributed by atoms with Gasteiger partial charge in [-0.3, -0.25) is 4.98 Å². The smallest absolute Gasteiger partial charge is 0.340 e. The average Bonchev–Trinajstić information content (AvgIpc) is 2.75. The van der Waals surface area contributed by atoms with E-state index in [0.717, 1.165) is 18.1 Å². The number of anilines is 1. The molecule has 1 aliphatic heterocycles. The molecule has 0 unspecified atom stereocenters. The van der Waals surface area contributed by atoms with E-state index in [4.69, 9.17) is 4.74 Å². The molecule has 3 rings (SSSR count). The Morgan fingerprint density at radius 1 is 1.53 bits per heavy atom. The second-order valence-electron chi connectivity index (χ2n) is 3.72. The molecule has 0 saturated carbocycles. The molecule has 1 aliphatic rings. The van der Waals surface area contributed by atoms with Crippen LogP contribution in [0.15, 0.2) is 23.1 Å². The standard InChI is InChI=1S/C10H11N5O2/c16-10-12-8(13-14-10)6-15-4-5-17-7-2-1-3-11-9(7)15/h1-3H,4-6H2,(H2,12,13,14,16). The fraction of sp³-hybridized carbons (Fsp3) is 0.300. The highest BCUT2D eigenvalue weighted by Crippen LogP contribution is 2.28. The van der Waals surface area contributed by atoms with E-state index in [1.165, 1.54) is 0 Å². The molecule has 0 aliphatic carbocycles. The summed E-state index contributed by atoms with van der Waals surface area (Å²) in [4.78, 5) is 19.9. The van der Waals surface area contributed by atoms with Crippen molar-refractivity contribution in [3.8, 4) is 5.75 Å². The van der Waals surface area contributed by atoms with Crippen molar-refractivity contribution in [1.82, 2.24) is 20.2 Å². The molecule has 2 N–H and O–H groups in total. The third kappa shape index (κ3) is 1.86. The number of fused-ring (bicyclic) bond motifs is 1. The van der Waals surface area contributed by atoms with Crippen LogP contribution in [0.1, 0.15) is 5.82 Å². The Hall–Kier alpha value is -2.31. The molecule has 7 nitrogen and oxygen atoms in total. The first-order chi connectivity index (χ1) is 8.33. The largest absolute Gasteiger partial charge is 0.488 e. The summed E-state index contributed by atoms with van der Waals surface area (Å²) >= 11 is 0. The van der Waals surface area contributed by atoms with Gasteiger partial charge in [-0.1, -0.05) is 0 Å². The predicted molar refractivity (Wildman–Crippen MR) is 60.0 cm³/mol. The molecule has 0 radical (unpaired) electrons. The van der Waals surface area contributed by atoms with Crippen LogP contribution < -0.4 is 15.3 Å². The number of ether oxygens (including phenoxy) is 1. The Labute approximate surface area is 96.4 Å². The molecule has 0 aromatic carbocycles. The molecule has 0 bridgehead atoms. The van der Waals surface area contributed by atoms with Gasteiger partial charge >= 0.3 is 5.69 Å². The van der Waals surface area contributed by atoms with E-state index in [2.05, 4.69) is 20.2 Å². The SMILES string of the molecule is O=c1[nH]nc(CN2CCOc3cccnc32)[nH]1. The Balaban J connectivity index is 1.88. The minimum absolute atomic E-state index is 0.297. The van der Waals surface area contributed by atoms with Crippen molar-refractivity contribution in [1.29, 1.82) is 0 Å². The molecular weight excluding hydrogens is 222 g/mol. The van der Waals surface area contributed by atoms with Crippen LogP contribution >= 0.6 is 0 Å². The summed E-state index contributed by atoms with van der Waals surface area (Å²) in [6, 6.07) is 3.71. The van der Waals surface area contributed by atoms with Crippen LogP contribution in [0.5, 0.6) is 5.75 Å². The van der Waals surface area contributed by atoms with Crippen molar-refractivity contribution in [3.63, 3.8) is 0 Å². The van der Waals surface area contributed by atoms with E-state index in [9.17, 15) is 4.79 Å². The number of nitrogens with zero attached hydrogens (tertiary/aromatic N) is 3. The molecule has 0 saturated heterocycles. The summed E-state index contributed by atoms with van der Waals surface area (Å²) in [6.45, 7) is 1.83. The van der Waals surface area contributed by atoms with Crippen molar-refractivity contribution < 1.29 is 4.74 Å². The van der Waals surface area contributed by atoms with Gasteiger partial charge < -0.3 is 9.64 Å². The highest BCUT2D eigenvalue weighted by molar-refractivity contribution is 5.53. The molecule has 0 atom stereocenters. The van der Waals surface area contributed by atoms with Crippen LogP contribution in [-0.4, -0.2) is 33.3 Å². The van der Waals surface area contributed by atoms with Gasteiger partial charge in [0.1, 0.15) is 12.4 Å². The zero-order valence-electron chi connectivity index (χ0n) is 9.01. The average molecular weight is 233 g/mol. The van der Waals surface area contributed by atoms with E-state index in [1.807, 2.05) is 17.0 Å². The van der Waals surface area contributed by atoms with E-state index < -0.39 is 0 Å². The number of pyridine rings is 1. The molecule has 3 heterocycles. The first kappa shape index (κ1) is 9.88. The Morgan fingerprint density at radius 2 is 2.47 bits per heavy atom. The molecule has 17 heavy (non-hydrogen) atoms. The second-order valence-corrected chi connectivity index (χ2v) is 3.72. The maximum Gasteiger partial charge on any atom is 0.340 e. The monoisotopic (exact) mass is 233 g/mol. The molecular formula is C10H11N5O2. The van der Waals surface area contributed by atoms with Gasteiger partial charge in [-0.05, 0) is 12.1 Å². The van der Waals surface area contributed by atoms with Gasteiger partial charge in [0, 0.05) is 6.20 Å². The van der Waals surface area contributed by atoms with E-state index in [1.54, 1.807) is 6.20 Å². The number of nitrogens with one attached hydrogen (secondary N) is 2. The van der Waals surface area contributed by atoms with Crippen molar-refractivity contribution in [2.45, 2.75) is 6.54 Å². The molecule has 2 aromatic rings. The highest BCUT2D eigenvalue weighted by atomic mass is 16.5. The molecule has 7 heteroatoms. The zero-order chi connectivity index (χ0) is 11.7. The number of aromatic amines is 2. The van der Waals surface area contributed by atoms with Crippen LogP contribution in [0.4, 0.5) is 5.82 Å². The Bertz CT molecular complexity index is 576. The summed E-state index contributed by atoms with van der Waals surface area (Å²) in [6.07, 6.45) is 1.72. The third-order valence-electron chi connectivity index (χ3n) is 2.56. The number of H-pyrrole nitrogens is 2. The van der Waals surface area contributed by atoms with Gasteiger partial charge in [-0.15, -0.1) is 0 Å². The Kier molecular flexibility index (Phi) is 2.28. The van der Waals surface area contributed by atoms with Crippen molar-refractivity contribution in [3.05, 3.63) is 34.6 Å². The maximum atomic E-state index is 10.9. The lowest BCUT2D eigenvalue weighted by Gasteiger charge is -2.28. The topological polar surface area (TPSA) is 86.9 Å². The van der Waals surface area contributed by atoms with Gasteiger partial charge in [0.25, 0.3) is 0 Å². The maximum absolute atomic E-state index is 10.9. The number of aromatic nitrogens is 4. The van der Waals surface area contributed by atoms with Crippen molar-refractivity contribution in [2.24, 2.45) is 0 Å². The van der Waals surface area contributed by atoms with Crippen molar-refractivity contribution in [2.75, 3.05) is 18.1 Å². The third-order valence-corrected chi connectivity index (χ3v) is 2.56. The van der Waals surface area contributed by atoms with E-state index >= 15 is 0 Å². The van der Waals surface area contributed by atoms with Crippen LogP contribution in [0.2, 0.25) is 0 Å². The van der Waals surface area contributed by atoms with Crippen LogP contribution in [-0.2, 0) is 6.54 Å². The van der Waals surface area contributed by atoms with Crippen molar-refractivity contribution >= 4 is 5.82 Å². The summed E-state index contributed by atoms with van der Waals surface area (Å²) < 4.78 is 5.49. The van der Waals surface area contributed by atoms with E-state index in [0.29, 0.717) is 19.0 Å². The van der Waals surface area contributed by atoms with Gasteiger partial charge in [0.05, 0.1) is 13.1 Å². The van der Waals surface area contributed by atoms with Gasteiger partial charge in [0.15, 0.2) is 11.6 Å². The first-order valence-corrected chi connectivity index (χ1v) is 5.29. The van der Waals surface area contributed by atoms with Crippen LogP contribution in [0.25, 0.3) is 0 Å². The zero-order valence-corrected chi connectivity index (χ0v) is 9.01. The highest BCUT2D eigenvalue weighted by Gasteiger charge is 2.19. The summed E-state index contributed by atoms with van der Waals surface area (Å²) in [5.74, 6) is 2.13. The molecule has 2 aromatic heterocycles. The number of hydrogen-bond donors (Lipinski definition) is 2. The fourth-order valence-corrected chi connectivity index (χ4v) is 1.82. The summed E-state index contributed by atoms with van der Waals surface area (Å²) in [5, 5.41) is 6.22.